The Hall–Kier alpha value is -2.93. The molecular weight excluding hydrogens is 419 g/mol. The molecule has 2 aromatic rings. The Morgan fingerprint density at radius 1 is 1.28 bits per heavy atom. The molecule has 0 saturated carbocycles. The third kappa shape index (κ3) is 6.57. The second-order valence-electron chi connectivity index (χ2n) is 5.83. The highest BCUT2D eigenvalue weighted by Gasteiger charge is 2.30. The van der Waals surface area contributed by atoms with Crippen LogP contribution in [0.15, 0.2) is 39.8 Å². The Labute approximate surface area is 163 Å². The Morgan fingerprint density at radius 3 is 2.55 bits per heavy atom. The van der Waals surface area contributed by atoms with Crippen molar-refractivity contribution in [2.45, 2.75) is 31.0 Å². The van der Waals surface area contributed by atoms with Crippen molar-refractivity contribution in [2.24, 2.45) is 0 Å². The number of hydrogen-bond acceptors (Lipinski definition) is 7. The molecule has 0 aliphatic heterocycles. The standard InChI is InChI=1S/C16H16F3N3O6S/c1-9-6-13(22-28-9)21-14(23)10(2)27-15(24)11-4-3-5-12(7-11)29(25,26)20-8-16(17,18)19/h3-7,10,20H,8H2,1-2H3,(H,21,22,23). The summed E-state index contributed by atoms with van der Waals surface area (Å²) in [4.78, 5) is 23.6. The predicted molar refractivity (Wildman–Crippen MR) is 92.4 cm³/mol. The van der Waals surface area contributed by atoms with Crippen LogP contribution >= 0.6 is 0 Å². The topological polar surface area (TPSA) is 128 Å². The summed E-state index contributed by atoms with van der Waals surface area (Å²) in [5.41, 5.74) is -0.267. The SMILES string of the molecule is Cc1cc(NC(=O)C(C)OC(=O)c2cccc(S(=O)(=O)NCC(F)(F)F)c2)no1. The molecule has 29 heavy (non-hydrogen) atoms. The lowest BCUT2D eigenvalue weighted by atomic mass is 10.2. The summed E-state index contributed by atoms with van der Waals surface area (Å²) in [6.07, 6.45) is -6.02. The normalized spacial score (nSPS) is 13.0. The lowest BCUT2D eigenvalue weighted by molar-refractivity contribution is -0.124. The van der Waals surface area contributed by atoms with E-state index in [0.29, 0.717) is 5.76 Å². The number of aromatic nitrogens is 1. The minimum atomic E-state index is -4.74. The number of carbonyl (C=O) groups is 2. The van der Waals surface area contributed by atoms with E-state index in [4.69, 9.17) is 9.26 Å². The van der Waals surface area contributed by atoms with Crippen LogP contribution < -0.4 is 10.0 Å². The Balaban J connectivity index is 2.05. The Morgan fingerprint density at radius 2 is 1.97 bits per heavy atom. The van der Waals surface area contributed by atoms with E-state index in [1.54, 1.807) is 6.92 Å². The molecular formula is C16H16F3N3O6S. The molecule has 0 spiro atoms. The molecule has 1 atom stereocenters. The molecule has 0 aliphatic rings. The van der Waals surface area contributed by atoms with Crippen molar-refractivity contribution in [2.75, 3.05) is 11.9 Å². The number of anilines is 1. The van der Waals surface area contributed by atoms with Gasteiger partial charge in [-0.3, -0.25) is 4.79 Å². The lowest BCUT2D eigenvalue weighted by Crippen LogP contribution is -2.34. The molecule has 1 heterocycles. The lowest BCUT2D eigenvalue weighted by Gasteiger charge is -2.13. The number of aryl methyl sites for hydroxylation is 1. The van der Waals surface area contributed by atoms with Crippen molar-refractivity contribution < 1.29 is 40.4 Å². The summed E-state index contributed by atoms with van der Waals surface area (Å²) >= 11 is 0. The van der Waals surface area contributed by atoms with Gasteiger partial charge in [0.05, 0.1) is 10.5 Å². The fourth-order valence-corrected chi connectivity index (χ4v) is 3.05. The van der Waals surface area contributed by atoms with Crippen LogP contribution in [0.1, 0.15) is 23.0 Å². The molecule has 2 rings (SSSR count). The summed E-state index contributed by atoms with van der Waals surface area (Å²) in [6.45, 7) is 1.12. The van der Waals surface area contributed by atoms with E-state index >= 15 is 0 Å². The van der Waals surface area contributed by atoms with E-state index in [0.717, 1.165) is 18.2 Å². The van der Waals surface area contributed by atoms with Crippen LogP contribution in [-0.2, 0) is 19.6 Å². The highest BCUT2D eigenvalue weighted by atomic mass is 32.2. The summed E-state index contributed by atoms with van der Waals surface area (Å²) in [7, 11) is -4.51. The molecule has 1 amide bonds. The van der Waals surface area contributed by atoms with Crippen LogP contribution in [0.4, 0.5) is 19.0 Å². The number of nitrogens with one attached hydrogen (secondary N) is 2. The summed E-state index contributed by atoms with van der Waals surface area (Å²) in [5.74, 6) is -1.21. The van der Waals surface area contributed by atoms with E-state index in [9.17, 15) is 31.2 Å². The number of amides is 1. The van der Waals surface area contributed by atoms with Crippen molar-refractivity contribution in [3.05, 3.63) is 41.7 Å². The molecule has 9 nitrogen and oxygen atoms in total. The zero-order chi connectivity index (χ0) is 21.8. The molecule has 0 bridgehead atoms. The molecule has 1 unspecified atom stereocenters. The van der Waals surface area contributed by atoms with Gasteiger partial charge in [-0.25, -0.2) is 17.9 Å². The van der Waals surface area contributed by atoms with Gasteiger partial charge in [-0.2, -0.15) is 13.2 Å². The van der Waals surface area contributed by atoms with E-state index in [1.807, 2.05) is 0 Å². The van der Waals surface area contributed by atoms with Gasteiger partial charge in [-0.15, -0.1) is 0 Å². The maximum atomic E-state index is 12.2. The molecule has 13 heteroatoms. The molecule has 0 aliphatic carbocycles. The number of carbonyl (C=O) groups excluding carboxylic acids is 2. The number of hydrogen-bond donors (Lipinski definition) is 2. The number of rotatable bonds is 7. The van der Waals surface area contributed by atoms with E-state index in [2.05, 4.69) is 10.5 Å². The van der Waals surface area contributed by atoms with Gasteiger partial charge < -0.3 is 14.6 Å². The number of halogens is 3. The van der Waals surface area contributed by atoms with Gasteiger partial charge in [0.1, 0.15) is 12.3 Å². The van der Waals surface area contributed by atoms with Gasteiger partial charge in [0.2, 0.25) is 10.0 Å². The van der Waals surface area contributed by atoms with Crippen molar-refractivity contribution in [3.8, 4) is 0 Å². The summed E-state index contributed by atoms with van der Waals surface area (Å²) in [6, 6.07) is 5.64. The minimum Gasteiger partial charge on any atom is -0.449 e. The molecule has 2 N–H and O–H groups in total. The number of esters is 1. The number of sulfonamides is 1. The highest BCUT2D eigenvalue weighted by Crippen LogP contribution is 2.17. The zero-order valence-electron chi connectivity index (χ0n) is 15.1. The average molecular weight is 435 g/mol. The summed E-state index contributed by atoms with van der Waals surface area (Å²) in [5, 5.41) is 5.90. The number of ether oxygens (including phenoxy) is 1. The predicted octanol–water partition coefficient (Wildman–Crippen LogP) is 2.01. The second-order valence-corrected chi connectivity index (χ2v) is 7.59. The number of alkyl halides is 3. The first-order valence-electron chi connectivity index (χ1n) is 7.99. The van der Waals surface area contributed by atoms with Crippen molar-refractivity contribution in [3.63, 3.8) is 0 Å². The maximum absolute atomic E-state index is 12.2. The van der Waals surface area contributed by atoms with E-state index in [1.165, 1.54) is 23.8 Å². The van der Waals surface area contributed by atoms with E-state index in [-0.39, 0.29) is 11.4 Å². The molecule has 1 aromatic heterocycles. The van der Waals surface area contributed by atoms with Crippen molar-refractivity contribution in [1.82, 2.24) is 9.88 Å². The Kier molecular flexibility index (Phi) is 6.64. The van der Waals surface area contributed by atoms with Crippen molar-refractivity contribution in [1.29, 1.82) is 0 Å². The van der Waals surface area contributed by atoms with Crippen LogP contribution in [-0.4, -0.2) is 44.3 Å². The molecule has 0 fully saturated rings. The average Bonchev–Trinajstić information content (AvgIpc) is 3.04. The van der Waals surface area contributed by atoms with Gasteiger partial charge >= 0.3 is 12.1 Å². The van der Waals surface area contributed by atoms with Gasteiger partial charge in [-0.1, -0.05) is 11.2 Å². The monoisotopic (exact) mass is 435 g/mol. The number of nitrogens with zero attached hydrogens (tertiary/aromatic N) is 1. The number of benzene rings is 1. The fraction of sp³-hybridized carbons (Fsp3) is 0.312. The Bertz CT molecular complexity index is 1000. The largest absolute Gasteiger partial charge is 0.449 e. The van der Waals surface area contributed by atoms with Crippen LogP contribution in [0.2, 0.25) is 0 Å². The third-order valence-electron chi connectivity index (χ3n) is 3.37. The van der Waals surface area contributed by atoms with Gasteiger partial charge in [0.25, 0.3) is 5.91 Å². The fourth-order valence-electron chi connectivity index (χ4n) is 1.99. The van der Waals surface area contributed by atoms with Crippen LogP contribution in [0.3, 0.4) is 0 Å². The maximum Gasteiger partial charge on any atom is 0.402 e. The minimum absolute atomic E-state index is 0.110. The summed E-state index contributed by atoms with van der Waals surface area (Å²) < 4.78 is 71.7. The van der Waals surface area contributed by atoms with Crippen LogP contribution in [0, 0.1) is 6.92 Å². The smallest absolute Gasteiger partial charge is 0.402 e. The first-order chi connectivity index (χ1) is 13.4. The van der Waals surface area contributed by atoms with Crippen molar-refractivity contribution >= 4 is 27.7 Å². The van der Waals surface area contributed by atoms with Gasteiger partial charge in [0.15, 0.2) is 11.9 Å². The highest BCUT2D eigenvalue weighted by molar-refractivity contribution is 7.89. The zero-order valence-corrected chi connectivity index (χ0v) is 15.9. The second kappa shape index (κ2) is 8.61. The van der Waals surface area contributed by atoms with Crippen LogP contribution in [0.5, 0.6) is 0 Å². The molecule has 1 aromatic carbocycles. The van der Waals surface area contributed by atoms with Gasteiger partial charge in [0, 0.05) is 6.07 Å². The molecule has 158 valence electrons. The first-order valence-corrected chi connectivity index (χ1v) is 9.47. The van der Waals surface area contributed by atoms with Crippen LogP contribution in [0.25, 0.3) is 0 Å². The van der Waals surface area contributed by atoms with E-state index < -0.39 is 45.6 Å². The first kappa shape index (κ1) is 22.4. The van der Waals surface area contributed by atoms with Gasteiger partial charge in [-0.05, 0) is 32.0 Å². The third-order valence-corrected chi connectivity index (χ3v) is 4.77. The molecule has 0 saturated heterocycles. The quantitative estimate of drug-likeness (QED) is 0.637. The molecule has 0 radical (unpaired) electrons.